The summed E-state index contributed by atoms with van der Waals surface area (Å²) < 4.78 is 0. The molecule has 0 aromatic heterocycles. The number of hydrogen-bond acceptors (Lipinski definition) is 4. The van der Waals surface area contributed by atoms with Crippen molar-refractivity contribution in [1.29, 1.82) is 0 Å². The maximum Gasteiger partial charge on any atom is 0.307 e. The smallest absolute Gasteiger partial charge is 0.307 e. The van der Waals surface area contributed by atoms with Gasteiger partial charge >= 0.3 is 5.97 Å². The summed E-state index contributed by atoms with van der Waals surface area (Å²) in [5.74, 6) is -1.41. The monoisotopic (exact) mass is 290 g/mol. The molecule has 1 fully saturated rings. The van der Waals surface area contributed by atoms with Gasteiger partial charge in [0.1, 0.15) is 0 Å². The lowest BCUT2D eigenvalue weighted by atomic mass is 10.1. The fraction of sp³-hybridized carbons (Fsp3) is 0.400. The van der Waals surface area contributed by atoms with Crippen molar-refractivity contribution < 1.29 is 19.5 Å². The number of imide groups is 1. The SMILES string of the molecule is CCC1C(=O)NC(=O)CN1Cc1ccc(CC(=O)O)cc1. The van der Waals surface area contributed by atoms with Gasteiger partial charge < -0.3 is 5.11 Å². The van der Waals surface area contributed by atoms with Gasteiger partial charge in [-0.25, -0.2) is 0 Å². The van der Waals surface area contributed by atoms with Crippen LogP contribution in [0.1, 0.15) is 24.5 Å². The first kappa shape index (κ1) is 15.2. The van der Waals surface area contributed by atoms with Gasteiger partial charge in [0.25, 0.3) is 0 Å². The average molecular weight is 290 g/mol. The largest absolute Gasteiger partial charge is 0.481 e. The van der Waals surface area contributed by atoms with Gasteiger partial charge in [-0.3, -0.25) is 24.6 Å². The number of hydrogen-bond donors (Lipinski definition) is 2. The van der Waals surface area contributed by atoms with Crippen LogP contribution in [0.4, 0.5) is 0 Å². The lowest BCUT2D eigenvalue weighted by molar-refractivity contribution is -0.140. The van der Waals surface area contributed by atoms with Crippen LogP contribution in [0.3, 0.4) is 0 Å². The Labute approximate surface area is 122 Å². The van der Waals surface area contributed by atoms with Crippen molar-refractivity contribution in [3.63, 3.8) is 0 Å². The number of amides is 2. The molecule has 2 rings (SSSR count). The quantitative estimate of drug-likeness (QED) is 0.773. The number of nitrogens with one attached hydrogen (secondary N) is 1. The summed E-state index contributed by atoms with van der Waals surface area (Å²) in [5.41, 5.74) is 1.68. The lowest BCUT2D eigenvalue weighted by Crippen LogP contribution is -2.57. The molecule has 1 unspecified atom stereocenters. The van der Waals surface area contributed by atoms with Crippen LogP contribution in [0.25, 0.3) is 0 Å². The summed E-state index contributed by atoms with van der Waals surface area (Å²) in [6.45, 7) is 2.59. The summed E-state index contributed by atoms with van der Waals surface area (Å²) in [7, 11) is 0. The fourth-order valence-electron chi connectivity index (χ4n) is 2.50. The maximum absolute atomic E-state index is 11.8. The number of carbonyl (C=O) groups is 3. The number of rotatable bonds is 5. The van der Waals surface area contributed by atoms with Crippen molar-refractivity contribution in [2.75, 3.05) is 6.54 Å². The standard InChI is InChI=1S/C15H18N2O4/c1-2-12-15(21)16-13(18)9-17(12)8-11-5-3-10(4-6-11)7-14(19)20/h3-6,12H,2,7-9H2,1H3,(H,19,20)(H,16,18,21). The molecule has 1 aromatic carbocycles. The molecule has 0 saturated carbocycles. The van der Waals surface area contributed by atoms with Crippen molar-refractivity contribution in [1.82, 2.24) is 10.2 Å². The molecule has 112 valence electrons. The number of carboxylic acid groups (broad SMARTS) is 1. The number of benzene rings is 1. The third-order valence-corrected chi connectivity index (χ3v) is 3.50. The van der Waals surface area contributed by atoms with Gasteiger partial charge in [-0.1, -0.05) is 31.2 Å². The van der Waals surface area contributed by atoms with Gasteiger partial charge in [-0.05, 0) is 17.5 Å². The zero-order valence-corrected chi connectivity index (χ0v) is 11.8. The third-order valence-electron chi connectivity index (χ3n) is 3.50. The number of aliphatic carboxylic acids is 1. The molecule has 1 aliphatic heterocycles. The molecule has 0 spiro atoms. The van der Waals surface area contributed by atoms with E-state index in [0.717, 1.165) is 11.1 Å². The van der Waals surface area contributed by atoms with Crippen LogP contribution in [-0.2, 0) is 27.3 Å². The van der Waals surface area contributed by atoms with Crippen molar-refractivity contribution >= 4 is 17.8 Å². The van der Waals surface area contributed by atoms with E-state index in [-0.39, 0.29) is 30.8 Å². The third kappa shape index (κ3) is 3.88. The number of nitrogens with zero attached hydrogens (tertiary/aromatic N) is 1. The van der Waals surface area contributed by atoms with Crippen LogP contribution in [0, 0.1) is 0 Å². The van der Waals surface area contributed by atoms with E-state index in [1.807, 2.05) is 24.0 Å². The van der Waals surface area contributed by atoms with Crippen molar-refractivity contribution in [2.24, 2.45) is 0 Å². The number of carbonyl (C=O) groups excluding carboxylic acids is 2. The second-order valence-electron chi connectivity index (χ2n) is 5.13. The summed E-state index contributed by atoms with van der Waals surface area (Å²) in [5, 5.41) is 11.1. The molecule has 2 N–H and O–H groups in total. The second kappa shape index (κ2) is 6.49. The van der Waals surface area contributed by atoms with E-state index in [9.17, 15) is 14.4 Å². The highest BCUT2D eigenvalue weighted by molar-refractivity contribution is 6.01. The zero-order valence-electron chi connectivity index (χ0n) is 11.8. The Morgan fingerprint density at radius 3 is 2.48 bits per heavy atom. The first-order chi connectivity index (χ1) is 9.99. The molecule has 1 aromatic rings. The Morgan fingerprint density at radius 1 is 1.29 bits per heavy atom. The van der Waals surface area contributed by atoms with Gasteiger partial charge in [0, 0.05) is 6.54 Å². The van der Waals surface area contributed by atoms with E-state index in [0.29, 0.717) is 13.0 Å². The lowest BCUT2D eigenvalue weighted by Gasteiger charge is -2.33. The molecule has 21 heavy (non-hydrogen) atoms. The summed E-state index contributed by atoms with van der Waals surface area (Å²) in [6, 6.07) is 6.89. The molecule has 2 amide bonds. The van der Waals surface area contributed by atoms with Gasteiger partial charge in [0.2, 0.25) is 11.8 Å². The van der Waals surface area contributed by atoms with Crippen LogP contribution < -0.4 is 5.32 Å². The molecule has 6 nitrogen and oxygen atoms in total. The van der Waals surface area contributed by atoms with Crippen molar-refractivity contribution in [3.05, 3.63) is 35.4 Å². The highest BCUT2D eigenvalue weighted by Gasteiger charge is 2.32. The Hall–Kier alpha value is -2.21. The van der Waals surface area contributed by atoms with Crippen LogP contribution in [0.5, 0.6) is 0 Å². The summed E-state index contributed by atoms with van der Waals surface area (Å²) >= 11 is 0. The van der Waals surface area contributed by atoms with Crippen molar-refractivity contribution in [2.45, 2.75) is 32.4 Å². The molecule has 1 saturated heterocycles. The number of piperazine rings is 1. The molecule has 1 heterocycles. The Kier molecular flexibility index (Phi) is 4.70. The maximum atomic E-state index is 11.8. The molecular formula is C15H18N2O4. The van der Waals surface area contributed by atoms with Gasteiger partial charge in [-0.2, -0.15) is 0 Å². The average Bonchev–Trinajstić information content (AvgIpc) is 2.40. The Morgan fingerprint density at radius 2 is 1.90 bits per heavy atom. The van der Waals surface area contributed by atoms with E-state index in [2.05, 4.69) is 5.32 Å². The molecule has 0 radical (unpaired) electrons. The first-order valence-electron chi connectivity index (χ1n) is 6.87. The van der Waals surface area contributed by atoms with Crippen LogP contribution in [-0.4, -0.2) is 40.4 Å². The summed E-state index contributed by atoms with van der Waals surface area (Å²) in [6.07, 6.45) is 0.624. The van der Waals surface area contributed by atoms with Gasteiger partial charge in [0.15, 0.2) is 0 Å². The Bertz CT molecular complexity index is 553. The van der Waals surface area contributed by atoms with Crippen LogP contribution in [0.2, 0.25) is 0 Å². The molecule has 6 heteroatoms. The highest BCUT2D eigenvalue weighted by atomic mass is 16.4. The first-order valence-corrected chi connectivity index (χ1v) is 6.87. The normalized spacial score (nSPS) is 19.4. The van der Waals surface area contributed by atoms with Crippen LogP contribution in [0.15, 0.2) is 24.3 Å². The molecule has 0 aliphatic carbocycles. The van der Waals surface area contributed by atoms with E-state index >= 15 is 0 Å². The van der Waals surface area contributed by atoms with E-state index in [1.165, 1.54) is 0 Å². The minimum atomic E-state index is -0.868. The minimum absolute atomic E-state index is 0.0114. The van der Waals surface area contributed by atoms with Crippen molar-refractivity contribution in [3.8, 4) is 0 Å². The van der Waals surface area contributed by atoms with Gasteiger partial charge in [0.05, 0.1) is 19.0 Å². The highest BCUT2D eigenvalue weighted by Crippen LogP contribution is 2.15. The second-order valence-corrected chi connectivity index (χ2v) is 5.13. The zero-order chi connectivity index (χ0) is 15.4. The fourth-order valence-corrected chi connectivity index (χ4v) is 2.50. The van der Waals surface area contributed by atoms with E-state index in [1.54, 1.807) is 12.1 Å². The minimum Gasteiger partial charge on any atom is -0.481 e. The van der Waals surface area contributed by atoms with E-state index < -0.39 is 5.97 Å². The predicted molar refractivity (Wildman–Crippen MR) is 75.4 cm³/mol. The topological polar surface area (TPSA) is 86.7 Å². The molecular weight excluding hydrogens is 272 g/mol. The summed E-state index contributed by atoms with van der Waals surface area (Å²) in [4.78, 5) is 35.7. The molecule has 0 bridgehead atoms. The van der Waals surface area contributed by atoms with Gasteiger partial charge in [-0.15, -0.1) is 0 Å². The van der Waals surface area contributed by atoms with Crippen LogP contribution >= 0.6 is 0 Å². The predicted octanol–water partition coefficient (Wildman–Crippen LogP) is 0.551. The molecule has 1 aliphatic rings. The number of carboxylic acids is 1. The van der Waals surface area contributed by atoms with E-state index in [4.69, 9.17) is 5.11 Å². The Balaban J connectivity index is 2.07. The molecule has 1 atom stereocenters.